The van der Waals surface area contributed by atoms with Crippen LogP contribution in [0.3, 0.4) is 0 Å². The molecule has 0 radical (unpaired) electrons. The van der Waals surface area contributed by atoms with Gasteiger partial charge in [-0.2, -0.15) is 0 Å². The zero-order valence-corrected chi connectivity index (χ0v) is 12.3. The van der Waals surface area contributed by atoms with Gasteiger partial charge in [-0.3, -0.25) is 0 Å². The van der Waals surface area contributed by atoms with E-state index in [1.807, 2.05) is 21.6 Å². The fraction of sp³-hybridized carbons (Fsp3) is 0.857. The van der Waals surface area contributed by atoms with Gasteiger partial charge in [0.25, 0.3) is 0 Å². The van der Waals surface area contributed by atoms with Crippen molar-refractivity contribution in [1.29, 1.82) is 0 Å². The molecule has 0 aliphatic carbocycles. The fourth-order valence-corrected chi connectivity index (χ4v) is 4.32. The molecule has 1 rings (SSSR count). The van der Waals surface area contributed by atoms with Gasteiger partial charge in [0.15, 0.2) is 0 Å². The Morgan fingerprint density at radius 1 is 0.875 bits per heavy atom. The van der Waals surface area contributed by atoms with Gasteiger partial charge < -0.3 is 0 Å². The van der Waals surface area contributed by atoms with Crippen LogP contribution in [-0.2, 0) is 0 Å². The van der Waals surface area contributed by atoms with Crippen LogP contribution >= 0.6 is 21.6 Å². The molecule has 0 aromatic carbocycles. The largest absolute Gasteiger partial charge is 0.0819 e. The molecule has 0 N–H and O–H groups in total. The van der Waals surface area contributed by atoms with Crippen LogP contribution in [0.5, 0.6) is 0 Å². The van der Waals surface area contributed by atoms with Gasteiger partial charge in [0.2, 0.25) is 0 Å². The average molecular weight is 258 g/mol. The number of hydrogen-bond acceptors (Lipinski definition) is 2. The summed E-state index contributed by atoms with van der Waals surface area (Å²) in [5.41, 5.74) is 0. The second-order valence-corrected chi connectivity index (χ2v) is 7.09. The van der Waals surface area contributed by atoms with E-state index in [0.29, 0.717) is 0 Å². The number of rotatable bonds is 10. The minimum atomic E-state index is 0.814. The van der Waals surface area contributed by atoms with Gasteiger partial charge in [0.05, 0.1) is 0 Å². The van der Waals surface area contributed by atoms with Gasteiger partial charge >= 0.3 is 0 Å². The van der Waals surface area contributed by atoms with Gasteiger partial charge in [-0.25, -0.2) is 0 Å². The quantitative estimate of drug-likeness (QED) is 0.339. The molecule has 1 aliphatic rings. The highest BCUT2D eigenvalue weighted by molar-refractivity contribution is 8.78. The van der Waals surface area contributed by atoms with Crippen molar-refractivity contribution in [2.75, 3.05) is 0 Å². The lowest BCUT2D eigenvalue weighted by atomic mass is 10.1. The third kappa shape index (κ3) is 7.67. The van der Waals surface area contributed by atoms with Crippen LogP contribution in [0.2, 0.25) is 0 Å². The Kier molecular flexibility index (Phi) is 9.59. The lowest BCUT2D eigenvalue weighted by molar-refractivity contribution is 0.559. The normalized spacial score (nSPS) is 19.4. The third-order valence-corrected chi connectivity index (χ3v) is 5.55. The van der Waals surface area contributed by atoms with E-state index in [1.54, 1.807) is 0 Å². The summed E-state index contributed by atoms with van der Waals surface area (Å²) in [5, 5.41) is 3.05. The summed E-state index contributed by atoms with van der Waals surface area (Å²) in [6.07, 6.45) is 16.7. The van der Waals surface area contributed by atoms with Crippen molar-refractivity contribution >= 4 is 21.6 Å². The highest BCUT2D eigenvalue weighted by Crippen LogP contribution is 2.37. The van der Waals surface area contributed by atoms with Crippen LogP contribution in [-0.4, -0.2) is 5.25 Å². The van der Waals surface area contributed by atoms with Crippen LogP contribution < -0.4 is 0 Å². The van der Waals surface area contributed by atoms with Crippen molar-refractivity contribution < 1.29 is 0 Å². The van der Waals surface area contributed by atoms with E-state index in [-0.39, 0.29) is 0 Å². The standard InChI is InChI=1S/C14H26S2/c1-2-3-4-5-6-7-8-9-10-11-14-12-13-15-16-14/h12-14H,2-11H2,1H3. The van der Waals surface area contributed by atoms with Crippen LogP contribution in [0.4, 0.5) is 0 Å². The maximum atomic E-state index is 2.36. The molecule has 0 spiro atoms. The van der Waals surface area contributed by atoms with Crippen molar-refractivity contribution in [2.24, 2.45) is 0 Å². The highest BCUT2D eigenvalue weighted by atomic mass is 33.1. The molecule has 0 aromatic rings. The molecule has 0 saturated heterocycles. The molecule has 0 nitrogen and oxygen atoms in total. The van der Waals surface area contributed by atoms with Crippen molar-refractivity contribution in [3.63, 3.8) is 0 Å². The fourth-order valence-electron chi connectivity index (χ4n) is 2.06. The Bertz CT molecular complexity index is 178. The van der Waals surface area contributed by atoms with E-state index in [9.17, 15) is 0 Å². The Morgan fingerprint density at radius 2 is 1.50 bits per heavy atom. The number of unbranched alkanes of at least 4 members (excludes halogenated alkanes) is 8. The molecule has 1 atom stereocenters. The first-order valence-electron chi connectivity index (χ1n) is 6.92. The molecule has 0 amide bonds. The minimum absolute atomic E-state index is 0.814. The van der Waals surface area contributed by atoms with E-state index in [4.69, 9.17) is 0 Å². The molecule has 1 aliphatic heterocycles. The van der Waals surface area contributed by atoms with Crippen LogP contribution in [0.25, 0.3) is 0 Å². The molecular formula is C14H26S2. The average Bonchev–Trinajstić information content (AvgIpc) is 2.80. The van der Waals surface area contributed by atoms with E-state index in [2.05, 4.69) is 18.4 Å². The third-order valence-electron chi connectivity index (χ3n) is 3.12. The lowest BCUT2D eigenvalue weighted by Gasteiger charge is -2.05. The predicted molar refractivity (Wildman–Crippen MR) is 80.0 cm³/mol. The first-order chi connectivity index (χ1) is 7.93. The van der Waals surface area contributed by atoms with Crippen molar-refractivity contribution in [3.05, 3.63) is 11.5 Å². The minimum Gasteiger partial charge on any atom is -0.0819 e. The Balaban J connectivity index is 1.73. The predicted octanol–water partition coefficient (Wildman–Crippen LogP) is 6.18. The molecule has 0 fully saturated rings. The Morgan fingerprint density at radius 3 is 2.06 bits per heavy atom. The molecule has 2 heteroatoms. The molecule has 0 saturated carbocycles. The molecular weight excluding hydrogens is 232 g/mol. The van der Waals surface area contributed by atoms with Crippen molar-refractivity contribution in [1.82, 2.24) is 0 Å². The maximum Gasteiger partial charge on any atom is 0.0342 e. The number of hydrogen-bond donors (Lipinski definition) is 0. The summed E-state index contributed by atoms with van der Waals surface area (Å²) < 4.78 is 0. The monoisotopic (exact) mass is 258 g/mol. The summed E-state index contributed by atoms with van der Waals surface area (Å²) in [4.78, 5) is 0. The van der Waals surface area contributed by atoms with Gasteiger partial charge in [-0.05, 0) is 11.8 Å². The van der Waals surface area contributed by atoms with Gasteiger partial charge in [-0.1, -0.05) is 92.4 Å². The molecule has 0 aromatic heterocycles. The summed E-state index contributed by atoms with van der Waals surface area (Å²) in [6.45, 7) is 2.29. The SMILES string of the molecule is CCCCCCCCCCCC1C=CSS1. The summed E-state index contributed by atoms with van der Waals surface area (Å²) in [7, 11) is 3.92. The van der Waals surface area contributed by atoms with Gasteiger partial charge in [0.1, 0.15) is 0 Å². The van der Waals surface area contributed by atoms with Crippen molar-refractivity contribution in [2.45, 2.75) is 76.4 Å². The van der Waals surface area contributed by atoms with E-state index in [1.165, 1.54) is 64.2 Å². The highest BCUT2D eigenvalue weighted by Gasteiger charge is 2.09. The zero-order valence-electron chi connectivity index (χ0n) is 10.6. The van der Waals surface area contributed by atoms with Crippen LogP contribution in [0.1, 0.15) is 71.1 Å². The Labute approximate surface area is 109 Å². The summed E-state index contributed by atoms with van der Waals surface area (Å²) >= 11 is 0. The lowest BCUT2D eigenvalue weighted by Crippen LogP contribution is -1.93. The maximum absolute atomic E-state index is 2.36. The molecule has 1 unspecified atom stereocenters. The smallest absolute Gasteiger partial charge is 0.0342 e. The van der Waals surface area contributed by atoms with E-state index >= 15 is 0 Å². The zero-order chi connectivity index (χ0) is 11.5. The second kappa shape index (κ2) is 10.6. The van der Waals surface area contributed by atoms with Gasteiger partial charge in [0, 0.05) is 5.25 Å². The first-order valence-corrected chi connectivity index (χ1v) is 9.20. The van der Waals surface area contributed by atoms with E-state index < -0.39 is 0 Å². The molecule has 1 heterocycles. The second-order valence-electron chi connectivity index (χ2n) is 4.68. The summed E-state index contributed by atoms with van der Waals surface area (Å²) in [6, 6.07) is 0. The summed E-state index contributed by atoms with van der Waals surface area (Å²) in [5.74, 6) is 0. The molecule has 94 valence electrons. The first kappa shape index (κ1) is 14.5. The van der Waals surface area contributed by atoms with Crippen molar-refractivity contribution in [3.8, 4) is 0 Å². The molecule has 16 heavy (non-hydrogen) atoms. The van der Waals surface area contributed by atoms with Crippen LogP contribution in [0, 0.1) is 0 Å². The van der Waals surface area contributed by atoms with E-state index in [0.717, 1.165) is 5.25 Å². The Hall–Kier alpha value is 0.440. The topological polar surface area (TPSA) is 0 Å². The molecule has 0 bridgehead atoms. The van der Waals surface area contributed by atoms with Crippen LogP contribution in [0.15, 0.2) is 11.5 Å². The van der Waals surface area contributed by atoms with Gasteiger partial charge in [-0.15, -0.1) is 0 Å².